The van der Waals surface area contributed by atoms with Gasteiger partial charge in [-0.25, -0.2) is 0 Å². The molecule has 2 heterocycles. The molecule has 15 nitrogen and oxygen atoms in total. The lowest BCUT2D eigenvalue weighted by Crippen LogP contribution is -2.61. The predicted molar refractivity (Wildman–Crippen MR) is 257 cm³/mol. The van der Waals surface area contributed by atoms with Gasteiger partial charge in [0.05, 0.1) is 19.8 Å². The number of aliphatic hydroxyl groups excluding tert-OH is 7. The molecule has 2 aliphatic rings. The van der Waals surface area contributed by atoms with Gasteiger partial charge in [0.15, 0.2) is 18.7 Å². The summed E-state index contributed by atoms with van der Waals surface area (Å²) in [4.78, 5) is 25.6. The maximum atomic E-state index is 13.0. The number of esters is 2. The zero-order valence-corrected chi connectivity index (χ0v) is 41.7. The first-order valence-corrected chi connectivity index (χ1v) is 26.8. The van der Waals surface area contributed by atoms with Crippen molar-refractivity contribution >= 4 is 11.9 Å². The van der Waals surface area contributed by atoms with E-state index in [9.17, 15) is 45.3 Å². The van der Waals surface area contributed by atoms with E-state index in [1.54, 1.807) is 0 Å². The number of hydrogen-bond acceptors (Lipinski definition) is 15. The van der Waals surface area contributed by atoms with Gasteiger partial charge in [-0.15, -0.1) is 0 Å². The number of aliphatic hydroxyl groups is 7. The van der Waals surface area contributed by atoms with Crippen molar-refractivity contribution in [1.82, 2.24) is 0 Å². The van der Waals surface area contributed by atoms with Crippen LogP contribution in [0.3, 0.4) is 0 Å². The molecule has 0 aromatic heterocycles. The summed E-state index contributed by atoms with van der Waals surface area (Å²) in [5, 5.41) is 72.0. The van der Waals surface area contributed by atoms with Gasteiger partial charge in [-0.3, -0.25) is 9.59 Å². The van der Waals surface area contributed by atoms with Gasteiger partial charge in [0, 0.05) is 12.8 Å². The Morgan fingerprint density at radius 3 is 1.36 bits per heavy atom. The number of hydrogen-bond donors (Lipinski definition) is 7. The normalized spacial score (nSPS) is 26.0. The fraction of sp³-hybridized carbons (Fsp3) is 0.923. The summed E-state index contributed by atoms with van der Waals surface area (Å²) in [6, 6.07) is 0. The molecule has 0 aromatic rings. The monoisotopic (exact) mass is 961 g/mol. The highest BCUT2D eigenvalue weighted by Gasteiger charge is 2.47. The van der Waals surface area contributed by atoms with Crippen molar-refractivity contribution in [2.24, 2.45) is 0 Å². The van der Waals surface area contributed by atoms with Gasteiger partial charge >= 0.3 is 11.9 Å². The van der Waals surface area contributed by atoms with E-state index in [-0.39, 0.29) is 26.1 Å². The average Bonchev–Trinajstić information content (AvgIpc) is 3.32. The van der Waals surface area contributed by atoms with Crippen LogP contribution in [0.25, 0.3) is 0 Å². The number of carbonyl (C=O) groups excluding carboxylic acids is 2. The topological polar surface area (TPSA) is 231 Å². The Morgan fingerprint density at radius 1 is 0.463 bits per heavy atom. The minimum atomic E-state index is -1.76. The zero-order chi connectivity index (χ0) is 48.9. The zero-order valence-electron chi connectivity index (χ0n) is 41.7. The number of rotatable bonds is 42. The summed E-state index contributed by atoms with van der Waals surface area (Å²) in [6.45, 7) is 2.55. The third-order valence-electron chi connectivity index (χ3n) is 13.0. The molecule has 2 saturated heterocycles. The largest absolute Gasteiger partial charge is 0.462 e. The molecule has 0 saturated carbocycles. The van der Waals surface area contributed by atoms with Gasteiger partial charge in [0.1, 0.15) is 55.4 Å². The number of unbranched alkanes of at least 4 members (excludes halogenated alkanes) is 26. The Kier molecular flexibility index (Phi) is 36.5. The summed E-state index contributed by atoms with van der Waals surface area (Å²) in [7, 11) is 0. The Labute approximate surface area is 403 Å². The van der Waals surface area contributed by atoms with Crippen LogP contribution in [0.5, 0.6) is 0 Å². The second kappa shape index (κ2) is 39.9. The molecule has 0 aliphatic carbocycles. The molecular formula is C52H96O15. The van der Waals surface area contributed by atoms with Gasteiger partial charge < -0.3 is 64.2 Å². The lowest BCUT2D eigenvalue weighted by Gasteiger charge is -2.42. The van der Waals surface area contributed by atoms with E-state index in [0.717, 1.165) is 32.1 Å². The van der Waals surface area contributed by atoms with Crippen molar-refractivity contribution in [3.63, 3.8) is 0 Å². The lowest BCUT2D eigenvalue weighted by atomic mass is 9.98. The van der Waals surface area contributed by atoms with Crippen molar-refractivity contribution in [3.8, 4) is 0 Å². The molecule has 2 aliphatic heterocycles. The number of ether oxygens (including phenoxy) is 6. The fourth-order valence-corrected chi connectivity index (χ4v) is 8.57. The summed E-state index contributed by atoms with van der Waals surface area (Å²) in [5.41, 5.74) is 0. The second-order valence-electron chi connectivity index (χ2n) is 19.1. The number of allylic oxidation sites excluding steroid dienone is 2. The van der Waals surface area contributed by atoms with Crippen molar-refractivity contribution in [2.45, 2.75) is 280 Å². The molecule has 67 heavy (non-hydrogen) atoms. The first kappa shape index (κ1) is 61.4. The lowest BCUT2D eigenvalue weighted by molar-refractivity contribution is -0.332. The highest BCUT2D eigenvalue weighted by molar-refractivity contribution is 5.70. The van der Waals surface area contributed by atoms with Gasteiger partial charge in [-0.2, -0.15) is 0 Å². The molecule has 0 bridgehead atoms. The molecule has 4 unspecified atom stereocenters. The van der Waals surface area contributed by atoms with E-state index in [4.69, 9.17) is 28.4 Å². The van der Waals surface area contributed by atoms with E-state index < -0.39 is 92.7 Å². The maximum absolute atomic E-state index is 13.0. The molecule has 394 valence electrons. The smallest absolute Gasteiger partial charge is 0.306 e. The predicted octanol–water partition coefficient (Wildman–Crippen LogP) is 7.77. The molecule has 0 aromatic carbocycles. The van der Waals surface area contributed by atoms with E-state index in [2.05, 4.69) is 26.0 Å². The summed E-state index contributed by atoms with van der Waals surface area (Å²) in [6.07, 6.45) is 22.8. The van der Waals surface area contributed by atoms with Crippen LogP contribution < -0.4 is 0 Å². The van der Waals surface area contributed by atoms with Gasteiger partial charge in [0.2, 0.25) is 0 Å². The van der Waals surface area contributed by atoms with E-state index >= 15 is 0 Å². The standard InChI is InChI=1S/C52H96O15/c1-3-5-7-9-11-13-14-15-16-17-18-19-20-21-22-23-24-25-26-27-29-31-33-35-44(55)65-40(37-62-43(54)34-32-30-28-12-10-8-6-4-2)38-63-51-50(61)48(59)46(57)42(67-51)39-64-52-49(60)47(58)45(56)41(36-53)66-52/h27,29,40-42,45-53,56-61H,3-26,28,30-39H2,1-2H3/b29-27+/t40-,41+,42+,45-,46-,47?,48?,49?,50?,51+,52+/m1/s1. The Bertz CT molecular complexity index is 1220. The van der Waals surface area contributed by atoms with Crippen LogP contribution >= 0.6 is 0 Å². The number of carbonyl (C=O) groups is 2. The quantitative estimate of drug-likeness (QED) is 0.0176. The molecule has 2 fully saturated rings. The summed E-state index contributed by atoms with van der Waals surface area (Å²) >= 11 is 0. The minimum absolute atomic E-state index is 0.122. The average molecular weight is 961 g/mol. The second-order valence-corrected chi connectivity index (χ2v) is 19.1. The van der Waals surface area contributed by atoms with E-state index in [0.29, 0.717) is 19.3 Å². The molecule has 0 spiro atoms. The first-order chi connectivity index (χ1) is 32.5. The third-order valence-corrected chi connectivity index (χ3v) is 13.0. The maximum Gasteiger partial charge on any atom is 0.306 e. The third kappa shape index (κ3) is 28.0. The fourth-order valence-electron chi connectivity index (χ4n) is 8.57. The molecule has 11 atom stereocenters. The van der Waals surface area contributed by atoms with Crippen LogP contribution in [-0.4, -0.2) is 142 Å². The van der Waals surface area contributed by atoms with Crippen molar-refractivity contribution in [3.05, 3.63) is 12.2 Å². The van der Waals surface area contributed by atoms with E-state index in [1.165, 1.54) is 135 Å². The van der Waals surface area contributed by atoms with Crippen LogP contribution in [0.1, 0.15) is 213 Å². The van der Waals surface area contributed by atoms with Crippen LogP contribution in [0.4, 0.5) is 0 Å². The molecule has 15 heteroatoms. The summed E-state index contributed by atoms with van der Waals surface area (Å²) < 4.78 is 33.5. The van der Waals surface area contributed by atoms with Gasteiger partial charge in [-0.1, -0.05) is 180 Å². The highest BCUT2D eigenvalue weighted by Crippen LogP contribution is 2.26. The SMILES string of the molecule is CCCCCCCCCCCCCCCCCCCC/C=C/CCCC(=O)O[C@H](COC(=O)CCCCCCCCCC)CO[C@H]1O[C@@H](CO[C@H]2O[C@@H](CO)[C@@H](O)C(O)C2O)[C@@H](O)C(O)C1O. The summed E-state index contributed by atoms with van der Waals surface area (Å²) in [5.74, 6) is -0.958. The van der Waals surface area contributed by atoms with E-state index in [1.807, 2.05) is 0 Å². The molecular weight excluding hydrogens is 865 g/mol. The highest BCUT2D eigenvalue weighted by atomic mass is 16.7. The van der Waals surface area contributed by atoms with Crippen molar-refractivity contribution < 1.29 is 73.8 Å². The Balaban J connectivity index is 1.73. The minimum Gasteiger partial charge on any atom is -0.462 e. The Hall–Kier alpha value is -1.76. The van der Waals surface area contributed by atoms with Crippen LogP contribution in [0, 0.1) is 0 Å². The van der Waals surface area contributed by atoms with Crippen molar-refractivity contribution in [1.29, 1.82) is 0 Å². The molecule has 7 N–H and O–H groups in total. The van der Waals surface area contributed by atoms with Crippen molar-refractivity contribution in [2.75, 3.05) is 26.4 Å². The Morgan fingerprint density at radius 2 is 0.866 bits per heavy atom. The molecule has 0 radical (unpaired) electrons. The van der Waals surface area contributed by atoms with Crippen LogP contribution in [0.15, 0.2) is 12.2 Å². The molecule has 2 rings (SSSR count). The first-order valence-electron chi connectivity index (χ1n) is 26.8. The van der Waals surface area contributed by atoms with Crippen LogP contribution in [-0.2, 0) is 38.0 Å². The van der Waals surface area contributed by atoms with Crippen LogP contribution in [0.2, 0.25) is 0 Å². The molecule has 0 amide bonds. The van der Waals surface area contributed by atoms with Gasteiger partial charge in [-0.05, 0) is 32.1 Å². The van der Waals surface area contributed by atoms with Gasteiger partial charge in [0.25, 0.3) is 0 Å².